The summed E-state index contributed by atoms with van der Waals surface area (Å²) in [6.07, 6.45) is 3.02. The standard InChI is InChI=1S/C27H32F2N6O3Si/c1-37-18-7-5-17(6-8-18)13-31-26-19-14-33-35(16-38-11-12-39(2,3)4)25(19)22(15-32-26)34-27(36)23-20(28)9-10-21(30)24(23)29/h5-10,14-15H,11-13,16,30H2,1-4H3,(H,31,32)(H,34,36). The highest BCUT2D eigenvalue weighted by atomic mass is 28.3. The van der Waals surface area contributed by atoms with Crippen LogP contribution in [-0.2, 0) is 18.0 Å². The number of anilines is 3. The quantitative estimate of drug-likeness (QED) is 0.128. The topological polar surface area (TPSA) is 116 Å². The van der Waals surface area contributed by atoms with Crippen molar-refractivity contribution < 1.29 is 23.0 Å². The second-order valence-corrected chi connectivity index (χ2v) is 15.9. The summed E-state index contributed by atoms with van der Waals surface area (Å²) < 4.78 is 41.6. The van der Waals surface area contributed by atoms with Crippen LogP contribution >= 0.6 is 0 Å². The predicted octanol–water partition coefficient (Wildman–Crippen LogP) is 5.48. The maximum atomic E-state index is 14.5. The Kier molecular flexibility index (Phi) is 8.46. The van der Waals surface area contributed by atoms with Gasteiger partial charge >= 0.3 is 0 Å². The van der Waals surface area contributed by atoms with Crippen LogP contribution in [0.2, 0.25) is 25.7 Å². The maximum Gasteiger partial charge on any atom is 0.261 e. The van der Waals surface area contributed by atoms with E-state index < -0.39 is 31.2 Å². The van der Waals surface area contributed by atoms with Gasteiger partial charge in [0.25, 0.3) is 5.91 Å². The zero-order valence-corrected chi connectivity index (χ0v) is 23.3. The van der Waals surface area contributed by atoms with Crippen molar-refractivity contribution in [3.8, 4) is 5.75 Å². The number of hydrogen-bond acceptors (Lipinski definition) is 7. The summed E-state index contributed by atoms with van der Waals surface area (Å²) in [6, 6.07) is 10.6. The average molecular weight is 555 g/mol. The summed E-state index contributed by atoms with van der Waals surface area (Å²) >= 11 is 0. The number of nitrogens with one attached hydrogen (secondary N) is 2. The first kappa shape index (κ1) is 28.0. The van der Waals surface area contributed by atoms with Crippen molar-refractivity contribution in [1.82, 2.24) is 14.8 Å². The third-order valence-electron chi connectivity index (χ3n) is 6.10. The second-order valence-electron chi connectivity index (χ2n) is 10.3. The molecular formula is C27H32F2N6O3Si. The number of fused-ring (bicyclic) bond motifs is 1. The minimum Gasteiger partial charge on any atom is -0.497 e. The zero-order valence-electron chi connectivity index (χ0n) is 22.3. The molecule has 0 saturated carbocycles. The van der Waals surface area contributed by atoms with Crippen LogP contribution in [-0.4, -0.2) is 42.5 Å². The smallest absolute Gasteiger partial charge is 0.261 e. The predicted molar refractivity (Wildman–Crippen MR) is 151 cm³/mol. The van der Waals surface area contributed by atoms with Gasteiger partial charge in [0.05, 0.1) is 41.8 Å². The normalized spacial score (nSPS) is 11.5. The van der Waals surface area contributed by atoms with Crippen molar-refractivity contribution in [2.75, 3.05) is 30.1 Å². The molecule has 4 aromatic rings. The Hall–Kier alpha value is -4.03. The average Bonchev–Trinajstić information content (AvgIpc) is 3.33. The number of methoxy groups -OCH3 is 1. The summed E-state index contributed by atoms with van der Waals surface area (Å²) in [6.45, 7) is 7.93. The third kappa shape index (κ3) is 6.70. The number of pyridine rings is 1. The van der Waals surface area contributed by atoms with Crippen LogP contribution in [0.3, 0.4) is 0 Å². The summed E-state index contributed by atoms with van der Waals surface area (Å²) in [5.74, 6) is -1.87. The van der Waals surface area contributed by atoms with E-state index in [2.05, 4.69) is 40.4 Å². The highest BCUT2D eigenvalue weighted by Crippen LogP contribution is 2.30. The largest absolute Gasteiger partial charge is 0.497 e. The Morgan fingerprint density at radius 2 is 1.85 bits per heavy atom. The Balaban J connectivity index is 1.64. The molecule has 0 unspecified atom stereocenters. The van der Waals surface area contributed by atoms with Gasteiger partial charge in [-0.05, 0) is 35.9 Å². The molecule has 0 aliphatic rings. The van der Waals surface area contributed by atoms with Gasteiger partial charge in [-0.15, -0.1) is 0 Å². The molecule has 12 heteroatoms. The van der Waals surface area contributed by atoms with Gasteiger partial charge < -0.3 is 25.8 Å². The third-order valence-corrected chi connectivity index (χ3v) is 7.80. The zero-order chi connectivity index (χ0) is 28.2. The lowest BCUT2D eigenvalue weighted by Crippen LogP contribution is -2.22. The Labute approximate surface area is 226 Å². The number of carbonyl (C=O) groups is 1. The monoisotopic (exact) mass is 554 g/mol. The second kappa shape index (κ2) is 11.8. The Morgan fingerprint density at radius 1 is 1.10 bits per heavy atom. The molecule has 0 bridgehead atoms. The van der Waals surface area contributed by atoms with Gasteiger partial charge in [0.15, 0.2) is 5.82 Å². The van der Waals surface area contributed by atoms with Gasteiger partial charge in [-0.3, -0.25) is 4.79 Å². The number of amides is 1. The molecule has 0 aliphatic heterocycles. The van der Waals surface area contributed by atoms with Gasteiger partial charge in [-0.2, -0.15) is 5.10 Å². The molecule has 206 valence electrons. The van der Waals surface area contributed by atoms with Gasteiger partial charge in [-0.1, -0.05) is 31.8 Å². The van der Waals surface area contributed by atoms with Crippen molar-refractivity contribution in [2.24, 2.45) is 0 Å². The van der Waals surface area contributed by atoms with E-state index in [1.54, 1.807) is 18.0 Å². The van der Waals surface area contributed by atoms with Gasteiger partial charge in [-0.25, -0.2) is 18.4 Å². The Morgan fingerprint density at radius 3 is 2.54 bits per heavy atom. The molecule has 0 radical (unpaired) electrons. The first-order valence-electron chi connectivity index (χ1n) is 12.4. The van der Waals surface area contributed by atoms with E-state index in [0.717, 1.165) is 29.5 Å². The van der Waals surface area contributed by atoms with Crippen molar-refractivity contribution in [2.45, 2.75) is 39.0 Å². The molecule has 9 nitrogen and oxygen atoms in total. The molecule has 2 aromatic heterocycles. The molecule has 0 saturated heterocycles. The molecule has 0 spiro atoms. The molecule has 0 fully saturated rings. The first-order chi connectivity index (χ1) is 18.6. The van der Waals surface area contributed by atoms with Crippen molar-refractivity contribution in [3.63, 3.8) is 0 Å². The van der Waals surface area contributed by atoms with Crippen LogP contribution in [0.1, 0.15) is 15.9 Å². The minimum atomic E-state index is -1.30. The number of nitrogen functional groups attached to an aromatic ring is 1. The SMILES string of the molecule is COc1ccc(CNc2ncc(NC(=O)c3c(F)ccc(N)c3F)c3c2cnn3COCC[Si](C)(C)C)cc1. The molecule has 1 amide bonds. The number of hydrogen-bond donors (Lipinski definition) is 3. The number of nitrogens with zero attached hydrogens (tertiary/aromatic N) is 3. The van der Waals surface area contributed by atoms with Crippen LogP contribution in [0, 0.1) is 11.6 Å². The minimum absolute atomic E-state index is 0.125. The van der Waals surface area contributed by atoms with E-state index in [4.69, 9.17) is 15.2 Å². The maximum absolute atomic E-state index is 14.5. The molecule has 2 aromatic carbocycles. The fraction of sp³-hybridized carbons (Fsp3) is 0.296. The lowest BCUT2D eigenvalue weighted by atomic mass is 10.1. The van der Waals surface area contributed by atoms with Crippen molar-refractivity contribution in [3.05, 3.63) is 71.6 Å². The molecule has 0 aliphatic carbocycles. The summed E-state index contributed by atoms with van der Waals surface area (Å²) in [7, 11) is 0.310. The van der Waals surface area contributed by atoms with Gasteiger partial charge in [0, 0.05) is 21.2 Å². The van der Waals surface area contributed by atoms with Crippen LogP contribution in [0.5, 0.6) is 5.75 Å². The van der Waals surface area contributed by atoms with E-state index in [1.165, 1.54) is 6.20 Å². The molecule has 0 atom stereocenters. The molecule has 39 heavy (non-hydrogen) atoms. The summed E-state index contributed by atoms with van der Waals surface area (Å²) in [5.41, 5.74) is 6.16. The number of ether oxygens (including phenoxy) is 2. The van der Waals surface area contributed by atoms with Crippen LogP contribution < -0.4 is 21.1 Å². The number of nitrogens with two attached hydrogens (primary N) is 1. The number of aromatic nitrogens is 3. The number of rotatable bonds is 11. The van der Waals surface area contributed by atoms with E-state index in [-0.39, 0.29) is 18.1 Å². The highest BCUT2D eigenvalue weighted by Gasteiger charge is 2.22. The first-order valence-corrected chi connectivity index (χ1v) is 16.1. The van der Waals surface area contributed by atoms with E-state index >= 15 is 0 Å². The van der Waals surface area contributed by atoms with Crippen LogP contribution in [0.4, 0.5) is 26.0 Å². The van der Waals surface area contributed by atoms with Gasteiger partial charge in [0.1, 0.15) is 29.7 Å². The summed E-state index contributed by atoms with van der Waals surface area (Å²) in [4.78, 5) is 17.4. The van der Waals surface area contributed by atoms with Crippen LogP contribution in [0.15, 0.2) is 48.8 Å². The fourth-order valence-electron chi connectivity index (χ4n) is 3.85. The van der Waals surface area contributed by atoms with Crippen molar-refractivity contribution >= 4 is 42.1 Å². The van der Waals surface area contributed by atoms with E-state index in [1.807, 2.05) is 24.3 Å². The van der Waals surface area contributed by atoms with Gasteiger partial charge in [0.2, 0.25) is 0 Å². The summed E-state index contributed by atoms with van der Waals surface area (Å²) in [5, 5.41) is 10.9. The molecule has 4 rings (SSSR count). The van der Waals surface area contributed by atoms with Crippen molar-refractivity contribution in [1.29, 1.82) is 0 Å². The highest BCUT2D eigenvalue weighted by molar-refractivity contribution is 6.76. The molecule has 4 N–H and O–H groups in total. The number of carbonyl (C=O) groups excluding carboxylic acids is 1. The fourth-order valence-corrected chi connectivity index (χ4v) is 4.61. The number of halogens is 2. The van der Waals surface area contributed by atoms with Crippen LogP contribution in [0.25, 0.3) is 10.9 Å². The molecule has 2 heterocycles. The lowest BCUT2D eigenvalue weighted by Gasteiger charge is -2.16. The molecular weight excluding hydrogens is 522 g/mol. The number of benzene rings is 2. The lowest BCUT2D eigenvalue weighted by molar-refractivity contribution is 0.0817. The van der Waals surface area contributed by atoms with E-state index in [9.17, 15) is 13.6 Å². The Bertz CT molecular complexity index is 1470. The van der Waals surface area contributed by atoms with E-state index in [0.29, 0.717) is 29.9 Å².